The van der Waals surface area contributed by atoms with E-state index in [1.54, 1.807) is 4.57 Å². The van der Waals surface area contributed by atoms with Crippen LogP contribution in [0, 0.1) is 5.92 Å². The Morgan fingerprint density at radius 1 is 0.830 bits per heavy atom. The lowest BCUT2D eigenvalue weighted by molar-refractivity contribution is 0.419. The minimum Gasteiger partial charge on any atom is -0.317 e. The van der Waals surface area contributed by atoms with Gasteiger partial charge in [-0.05, 0) is 58.4 Å². The molecule has 0 amide bonds. The summed E-state index contributed by atoms with van der Waals surface area (Å²) in [6.07, 6.45) is 5.52. The van der Waals surface area contributed by atoms with Crippen molar-refractivity contribution in [2.24, 2.45) is 5.92 Å². The van der Waals surface area contributed by atoms with Crippen molar-refractivity contribution in [3.05, 3.63) is 117 Å². The van der Waals surface area contributed by atoms with Gasteiger partial charge in [-0.3, -0.25) is 13.9 Å². The summed E-state index contributed by atoms with van der Waals surface area (Å²) in [6.45, 7) is 6.90. The molecule has 1 atom stereocenters. The molecule has 0 saturated heterocycles. The maximum absolute atomic E-state index is 14.4. The van der Waals surface area contributed by atoms with Gasteiger partial charge in [0.2, 0.25) is 0 Å². The van der Waals surface area contributed by atoms with Gasteiger partial charge in [0.05, 0.1) is 6.04 Å². The first-order chi connectivity index (χ1) is 22.9. The van der Waals surface area contributed by atoms with Gasteiger partial charge in [0.15, 0.2) is 17.0 Å². The largest absolute Gasteiger partial charge is 0.333 e. The van der Waals surface area contributed by atoms with Crippen LogP contribution in [-0.2, 0) is 13.1 Å². The number of H-pyrrole nitrogens is 1. The number of nitrogens with zero attached hydrogens (tertiary/aromatic N) is 7. The van der Waals surface area contributed by atoms with E-state index in [2.05, 4.69) is 55.5 Å². The molecule has 0 spiro atoms. The van der Waals surface area contributed by atoms with Crippen molar-refractivity contribution >= 4 is 11.2 Å². The van der Waals surface area contributed by atoms with Crippen LogP contribution in [0.15, 0.2) is 88.5 Å². The standard InChI is InChI=1S/C37H40N8O2/c1-24(2)22-44-36(46)32-35(45(37(44)47)25(3)27-12-6-4-7-13-27)38-34(29-14-8-5-9-15-29)43(32)23-26-18-20-28(21-19-26)30-16-10-11-17-31(30)33-39-41-42-40-33/h4,6-7,10-13,16-21,24-25,29H,5,8-9,14-15,22-23H2,1-3H3,(H,39,40,41,42). The second-order valence-electron chi connectivity index (χ2n) is 13.1. The predicted molar refractivity (Wildman–Crippen MR) is 183 cm³/mol. The highest BCUT2D eigenvalue weighted by Crippen LogP contribution is 2.35. The Morgan fingerprint density at radius 3 is 2.21 bits per heavy atom. The van der Waals surface area contributed by atoms with Gasteiger partial charge in [0.1, 0.15) is 5.82 Å². The first kappa shape index (κ1) is 30.5. The van der Waals surface area contributed by atoms with Crippen molar-refractivity contribution in [3.8, 4) is 22.5 Å². The molecular weight excluding hydrogens is 588 g/mol. The topological polar surface area (TPSA) is 116 Å². The Bertz CT molecular complexity index is 2100. The molecule has 0 bridgehead atoms. The average molecular weight is 629 g/mol. The predicted octanol–water partition coefficient (Wildman–Crippen LogP) is 6.57. The molecule has 3 aromatic carbocycles. The van der Waals surface area contributed by atoms with E-state index in [1.165, 1.54) is 11.0 Å². The van der Waals surface area contributed by atoms with Crippen molar-refractivity contribution in [3.63, 3.8) is 0 Å². The molecular formula is C37H40N8O2. The molecule has 1 aliphatic carbocycles. The zero-order valence-electron chi connectivity index (χ0n) is 27.1. The van der Waals surface area contributed by atoms with Gasteiger partial charge in [-0.15, -0.1) is 5.10 Å². The van der Waals surface area contributed by atoms with Gasteiger partial charge in [-0.2, -0.15) is 0 Å². The highest BCUT2D eigenvalue weighted by atomic mass is 16.2. The summed E-state index contributed by atoms with van der Waals surface area (Å²) in [5.74, 6) is 1.86. The monoisotopic (exact) mass is 628 g/mol. The average Bonchev–Trinajstić information content (AvgIpc) is 3.77. The Balaban J connectivity index is 1.38. The first-order valence-electron chi connectivity index (χ1n) is 16.6. The van der Waals surface area contributed by atoms with Crippen LogP contribution in [0.3, 0.4) is 0 Å². The molecule has 1 saturated carbocycles. The minimum atomic E-state index is -0.308. The fourth-order valence-corrected chi connectivity index (χ4v) is 7.05. The SMILES string of the molecule is CC(C)Cn1c(=O)c2c(nc(C3CCCCC3)n2Cc2ccc(-c3ccccc3-c3nnn[nH]3)cc2)n(C(C)c2ccccc2)c1=O. The van der Waals surface area contributed by atoms with Crippen LogP contribution in [0.1, 0.15) is 81.8 Å². The summed E-state index contributed by atoms with van der Waals surface area (Å²) in [5.41, 5.74) is 5.42. The first-order valence-corrected chi connectivity index (χ1v) is 16.6. The Kier molecular flexibility index (Phi) is 8.41. The molecule has 0 aliphatic heterocycles. The van der Waals surface area contributed by atoms with Crippen molar-refractivity contribution in [1.29, 1.82) is 0 Å². The van der Waals surface area contributed by atoms with Gasteiger partial charge in [-0.25, -0.2) is 14.9 Å². The molecule has 7 rings (SSSR count). The van der Waals surface area contributed by atoms with E-state index in [-0.39, 0.29) is 29.1 Å². The fraction of sp³-hybridized carbons (Fsp3) is 0.351. The van der Waals surface area contributed by atoms with Crippen LogP contribution >= 0.6 is 0 Å². The number of aromatic amines is 1. The van der Waals surface area contributed by atoms with Gasteiger partial charge < -0.3 is 4.57 Å². The van der Waals surface area contributed by atoms with E-state index in [0.717, 1.165) is 59.3 Å². The van der Waals surface area contributed by atoms with Crippen LogP contribution in [0.2, 0.25) is 0 Å². The maximum atomic E-state index is 14.4. The minimum absolute atomic E-state index is 0.121. The molecule has 10 nitrogen and oxygen atoms in total. The van der Waals surface area contributed by atoms with Crippen molar-refractivity contribution in [2.45, 2.75) is 77.9 Å². The third-order valence-corrected chi connectivity index (χ3v) is 9.41. The third-order valence-electron chi connectivity index (χ3n) is 9.41. The van der Waals surface area contributed by atoms with E-state index < -0.39 is 0 Å². The van der Waals surface area contributed by atoms with Gasteiger partial charge in [0.25, 0.3) is 5.56 Å². The highest BCUT2D eigenvalue weighted by Gasteiger charge is 2.29. The molecule has 1 fully saturated rings. The highest BCUT2D eigenvalue weighted by molar-refractivity contribution is 5.80. The number of hydrogen-bond acceptors (Lipinski definition) is 6. The Morgan fingerprint density at radius 2 is 1.53 bits per heavy atom. The number of imidazole rings is 1. The van der Waals surface area contributed by atoms with E-state index in [1.807, 2.05) is 69.3 Å². The number of benzene rings is 3. The fourth-order valence-electron chi connectivity index (χ4n) is 7.05. The molecule has 6 aromatic rings. The van der Waals surface area contributed by atoms with Crippen LogP contribution in [0.5, 0.6) is 0 Å². The molecule has 47 heavy (non-hydrogen) atoms. The molecule has 0 radical (unpaired) electrons. The van der Waals surface area contributed by atoms with Crippen molar-refractivity contribution < 1.29 is 0 Å². The van der Waals surface area contributed by atoms with E-state index >= 15 is 0 Å². The number of hydrogen-bond donors (Lipinski definition) is 1. The van der Waals surface area contributed by atoms with Gasteiger partial charge in [-0.1, -0.05) is 112 Å². The molecule has 1 aliphatic rings. The van der Waals surface area contributed by atoms with Crippen LogP contribution < -0.4 is 11.2 Å². The maximum Gasteiger partial charge on any atom is 0.333 e. The van der Waals surface area contributed by atoms with Crippen LogP contribution in [-0.4, -0.2) is 39.3 Å². The Labute approximate surface area is 273 Å². The molecule has 3 aromatic heterocycles. The lowest BCUT2D eigenvalue weighted by Crippen LogP contribution is -2.42. The van der Waals surface area contributed by atoms with Crippen LogP contribution in [0.25, 0.3) is 33.7 Å². The third kappa shape index (κ3) is 5.84. The summed E-state index contributed by atoms with van der Waals surface area (Å²) >= 11 is 0. The second kappa shape index (κ2) is 12.9. The number of tetrazole rings is 1. The summed E-state index contributed by atoms with van der Waals surface area (Å²) < 4.78 is 5.28. The molecule has 10 heteroatoms. The normalized spacial score (nSPS) is 14.6. The lowest BCUT2D eigenvalue weighted by Gasteiger charge is -2.22. The van der Waals surface area contributed by atoms with E-state index in [4.69, 9.17) is 4.98 Å². The Hall–Kier alpha value is -5.12. The van der Waals surface area contributed by atoms with Gasteiger partial charge in [0, 0.05) is 24.6 Å². The zero-order chi connectivity index (χ0) is 32.5. The quantitative estimate of drug-likeness (QED) is 0.194. The van der Waals surface area contributed by atoms with Crippen molar-refractivity contribution in [2.75, 3.05) is 0 Å². The second-order valence-corrected chi connectivity index (χ2v) is 13.1. The number of rotatable bonds is 9. The summed E-state index contributed by atoms with van der Waals surface area (Å²) in [4.78, 5) is 33.7. The number of nitrogens with one attached hydrogen (secondary N) is 1. The summed E-state index contributed by atoms with van der Waals surface area (Å²) in [6, 6.07) is 26.1. The van der Waals surface area contributed by atoms with Crippen molar-refractivity contribution in [1.82, 2.24) is 39.3 Å². The molecule has 1 unspecified atom stereocenters. The zero-order valence-corrected chi connectivity index (χ0v) is 27.1. The molecule has 3 heterocycles. The van der Waals surface area contributed by atoms with Crippen LogP contribution in [0.4, 0.5) is 0 Å². The smallest absolute Gasteiger partial charge is 0.317 e. The number of aromatic nitrogens is 8. The molecule has 240 valence electrons. The summed E-state index contributed by atoms with van der Waals surface area (Å²) in [5, 5.41) is 14.5. The van der Waals surface area contributed by atoms with Gasteiger partial charge >= 0.3 is 5.69 Å². The number of fused-ring (bicyclic) bond motifs is 1. The van der Waals surface area contributed by atoms with E-state index in [0.29, 0.717) is 30.1 Å². The lowest BCUT2D eigenvalue weighted by atomic mass is 9.88. The van der Waals surface area contributed by atoms with E-state index in [9.17, 15) is 9.59 Å². The summed E-state index contributed by atoms with van der Waals surface area (Å²) in [7, 11) is 0. The molecule has 1 N–H and O–H groups in total.